The Labute approximate surface area is 76.2 Å². The first kappa shape index (κ1) is 8.29. The molecule has 0 amide bonds. The van der Waals surface area contributed by atoms with Crippen molar-refractivity contribution in [3.63, 3.8) is 0 Å². The Bertz CT molecular complexity index is 355. The second-order valence-corrected chi connectivity index (χ2v) is 3.42. The predicted octanol–water partition coefficient (Wildman–Crippen LogP) is 0.536. The summed E-state index contributed by atoms with van der Waals surface area (Å²) in [4.78, 5) is 10.6. The van der Waals surface area contributed by atoms with E-state index in [1.807, 2.05) is 7.05 Å². The van der Waals surface area contributed by atoms with Crippen molar-refractivity contribution in [3.05, 3.63) is 17.0 Å². The van der Waals surface area contributed by atoms with Crippen LogP contribution in [0.4, 0.5) is 0 Å². The molecule has 0 atom stereocenters. The Morgan fingerprint density at radius 3 is 3.08 bits per heavy atom. The summed E-state index contributed by atoms with van der Waals surface area (Å²) in [6.45, 7) is 0. The van der Waals surface area contributed by atoms with Gasteiger partial charge in [-0.3, -0.25) is 9.48 Å². The van der Waals surface area contributed by atoms with Crippen LogP contribution < -0.4 is 0 Å². The van der Waals surface area contributed by atoms with Crippen LogP contribution in [-0.4, -0.2) is 20.9 Å². The van der Waals surface area contributed by atoms with Crippen LogP contribution in [0.5, 0.6) is 0 Å². The molecule has 0 aliphatic heterocycles. The predicted molar refractivity (Wildman–Crippen MR) is 46.6 cm³/mol. The van der Waals surface area contributed by atoms with Crippen molar-refractivity contribution in [2.24, 2.45) is 7.05 Å². The van der Waals surface area contributed by atoms with Crippen molar-refractivity contribution in [1.29, 1.82) is 0 Å². The molecule has 1 aromatic heterocycles. The molecule has 1 aliphatic rings. The SMILES string of the molecule is Cn1nc2c(c1CC(=O)O)CCC2. The number of hydrogen-bond acceptors (Lipinski definition) is 2. The van der Waals surface area contributed by atoms with Gasteiger partial charge in [0.1, 0.15) is 0 Å². The molecule has 0 saturated heterocycles. The van der Waals surface area contributed by atoms with E-state index in [1.165, 1.54) is 5.56 Å². The quantitative estimate of drug-likeness (QED) is 0.722. The third kappa shape index (κ3) is 1.32. The molecule has 0 radical (unpaired) electrons. The standard InChI is InChI=1S/C9H12N2O2/c1-11-8(5-9(12)13)6-3-2-4-7(6)10-11/h2-5H2,1H3,(H,12,13). The Balaban J connectivity index is 2.38. The van der Waals surface area contributed by atoms with E-state index < -0.39 is 5.97 Å². The summed E-state index contributed by atoms with van der Waals surface area (Å²) >= 11 is 0. The van der Waals surface area contributed by atoms with Crippen molar-refractivity contribution in [3.8, 4) is 0 Å². The number of aryl methyl sites for hydroxylation is 2. The third-order valence-corrected chi connectivity index (χ3v) is 2.52. The van der Waals surface area contributed by atoms with Gasteiger partial charge in [0.25, 0.3) is 0 Å². The molecule has 0 spiro atoms. The molecule has 1 N–H and O–H groups in total. The lowest BCUT2D eigenvalue weighted by molar-refractivity contribution is -0.136. The van der Waals surface area contributed by atoms with Crippen molar-refractivity contribution >= 4 is 5.97 Å². The Morgan fingerprint density at radius 2 is 2.38 bits per heavy atom. The topological polar surface area (TPSA) is 55.1 Å². The van der Waals surface area contributed by atoms with Crippen molar-refractivity contribution < 1.29 is 9.90 Å². The van der Waals surface area contributed by atoms with Gasteiger partial charge in [0.05, 0.1) is 17.8 Å². The van der Waals surface area contributed by atoms with Gasteiger partial charge in [-0.05, 0) is 24.8 Å². The smallest absolute Gasteiger partial charge is 0.309 e. The average molecular weight is 180 g/mol. The summed E-state index contributed by atoms with van der Waals surface area (Å²) in [5.74, 6) is -0.780. The first-order valence-corrected chi connectivity index (χ1v) is 4.44. The summed E-state index contributed by atoms with van der Waals surface area (Å²) in [5.41, 5.74) is 3.14. The minimum Gasteiger partial charge on any atom is -0.481 e. The van der Waals surface area contributed by atoms with Gasteiger partial charge in [-0.2, -0.15) is 5.10 Å². The fourth-order valence-electron chi connectivity index (χ4n) is 1.95. The van der Waals surface area contributed by atoms with Crippen LogP contribution in [0, 0.1) is 0 Å². The fraction of sp³-hybridized carbons (Fsp3) is 0.556. The van der Waals surface area contributed by atoms with Crippen molar-refractivity contribution in [2.45, 2.75) is 25.7 Å². The molecular weight excluding hydrogens is 168 g/mol. The number of carboxylic acid groups (broad SMARTS) is 1. The molecule has 0 fully saturated rings. The number of aliphatic carboxylic acids is 1. The average Bonchev–Trinajstić information content (AvgIpc) is 2.55. The van der Waals surface area contributed by atoms with Crippen LogP contribution >= 0.6 is 0 Å². The lowest BCUT2D eigenvalue weighted by Crippen LogP contribution is -2.08. The number of carboxylic acids is 1. The second kappa shape index (κ2) is 2.87. The van der Waals surface area contributed by atoms with E-state index >= 15 is 0 Å². The number of nitrogens with zero attached hydrogens (tertiary/aromatic N) is 2. The highest BCUT2D eigenvalue weighted by molar-refractivity contribution is 5.70. The molecule has 0 bridgehead atoms. The van der Waals surface area contributed by atoms with Crippen LogP contribution in [0.2, 0.25) is 0 Å². The van der Waals surface area contributed by atoms with E-state index in [4.69, 9.17) is 5.11 Å². The van der Waals surface area contributed by atoms with Crippen LogP contribution in [0.15, 0.2) is 0 Å². The molecule has 70 valence electrons. The Hall–Kier alpha value is -1.32. The Kier molecular flexibility index (Phi) is 1.83. The first-order chi connectivity index (χ1) is 6.18. The minimum absolute atomic E-state index is 0.0961. The van der Waals surface area contributed by atoms with E-state index in [0.717, 1.165) is 30.7 Å². The Morgan fingerprint density at radius 1 is 1.62 bits per heavy atom. The molecule has 0 unspecified atom stereocenters. The zero-order valence-corrected chi connectivity index (χ0v) is 7.58. The minimum atomic E-state index is -0.780. The van der Waals surface area contributed by atoms with Crippen LogP contribution in [0.3, 0.4) is 0 Å². The zero-order valence-electron chi connectivity index (χ0n) is 7.58. The van der Waals surface area contributed by atoms with E-state index in [2.05, 4.69) is 5.10 Å². The molecule has 4 nitrogen and oxygen atoms in total. The molecule has 1 aromatic rings. The summed E-state index contributed by atoms with van der Waals surface area (Å²) in [5, 5.41) is 13.0. The summed E-state index contributed by atoms with van der Waals surface area (Å²) in [6, 6.07) is 0. The number of aromatic nitrogens is 2. The van der Waals surface area contributed by atoms with Gasteiger partial charge in [-0.15, -0.1) is 0 Å². The van der Waals surface area contributed by atoms with Gasteiger partial charge in [-0.1, -0.05) is 0 Å². The lowest BCUT2D eigenvalue weighted by atomic mass is 10.1. The maximum Gasteiger partial charge on any atom is 0.309 e. The van der Waals surface area contributed by atoms with Gasteiger partial charge in [0.15, 0.2) is 0 Å². The number of rotatable bonds is 2. The van der Waals surface area contributed by atoms with Crippen LogP contribution in [0.1, 0.15) is 23.4 Å². The van der Waals surface area contributed by atoms with Gasteiger partial charge in [0.2, 0.25) is 0 Å². The molecule has 1 heterocycles. The largest absolute Gasteiger partial charge is 0.481 e. The van der Waals surface area contributed by atoms with Crippen molar-refractivity contribution in [1.82, 2.24) is 9.78 Å². The van der Waals surface area contributed by atoms with E-state index in [9.17, 15) is 4.79 Å². The molecule has 0 aromatic carbocycles. The number of fused-ring (bicyclic) bond motifs is 1. The normalized spacial score (nSPS) is 14.5. The maximum absolute atomic E-state index is 10.6. The molecule has 1 aliphatic carbocycles. The van der Waals surface area contributed by atoms with E-state index in [-0.39, 0.29) is 6.42 Å². The van der Waals surface area contributed by atoms with Gasteiger partial charge >= 0.3 is 5.97 Å². The summed E-state index contributed by atoms with van der Waals surface area (Å²) in [7, 11) is 1.82. The highest BCUT2D eigenvalue weighted by atomic mass is 16.4. The van der Waals surface area contributed by atoms with Crippen LogP contribution in [-0.2, 0) is 31.1 Å². The van der Waals surface area contributed by atoms with Crippen LogP contribution in [0.25, 0.3) is 0 Å². The second-order valence-electron chi connectivity index (χ2n) is 3.42. The molecule has 0 saturated carbocycles. The number of hydrogen-bond donors (Lipinski definition) is 1. The lowest BCUT2D eigenvalue weighted by Gasteiger charge is -2.00. The fourth-order valence-corrected chi connectivity index (χ4v) is 1.95. The van der Waals surface area contributed by atoms with Gasteiger partial charge in [0, 0.05) is 7.05 Å². The molecule has 13 heavy (non-hydrogen) atoms. The van der Waals surface area contributed by atoms with Gasteiger partial charge < -0.3 is 5.11 Å². The van der Waals surface area contributed by atoms with Gasteiger partial charge in [-0.25, -0.2) is 0 Å². The highest BCUT2D eigenvalue weighted by Crippen LogP contribution is 2.24. The molecular formula is C9H12N2O2. The van der Waals surface area contributed by atoms with Crippen molar-refractivity contribution in [2.75, 3.05) is 0 Å². The van der Waals surface area contributed by atoms with E-state index in [0.29, 0.717) is 0 Å². The molecule has 4 heteroatoms. The monoisotopic (exact) mass is 180 g/mol. The highest BCUT2D eigenvalue weighted by Gasteiger charge is 2.21. The molecule has 2 rings (SSSR count). The zero-order chi connectivity index (χ0) is 9.42. The third-order valence-electron chi connectivity index (χ3n) is 2.52. The summed E-state index contributed by atoms with van der Waals surface area (Å²) in [6.07, 6.45) is 3.21. The number of carbonyl (C=O) groups is 1. The first-order valence-electron chi connectivity index (χ1n) is 4.44. The van der Waals surface area contributed by atoms with E-state index in [1.54, 1.807) is 4.68 Å². The summed E-state index contributed by atoms with van der Waals surface area (Å²) < 4.78 is 1.71. The maximum atomic E-state index is 10.6.